The third kappa shape index (κ3) is 4.62. The number of esters is 2. The Labute approximate surface area is 209 Å². The highest BCUT2D eigenvalue weighted by atomic mass is 16.5. The SMILES string of the molecule is CC(=O)O[C@H]1C[C@H]2[C@@H]([C@H](OC(C)=O)C[C@@H]3C[C@H](O)CC[C@@]32C)[C@@H]2CC[C@H]([C@H](C)CCC(=O)O)[C@@]12C. The molecule has 0 bridgehead atoms. The van der Waals surface area contributed by atoms with Crippen LogP contribution in [0.3, 0.4) is 0 Å². The van der Waals surface area contributed by atoms with Crippen LogP contribution in [0.1, 0.15) is 92.4 Å². The number of aliphatic hydroxyl groups excluding tert-OH is 1. The Balaban J connectivity index is 1.74. The van der Waals surface area contributed by atoms with Gasteiger partial charge >= 0.3 is 17.9 Å². The van der Waals surface area contributed by atoms with Crippen LogP contribution in [-0.2, 0) is 23.9 Å². The normalized spacial score (nSPS) is 45.4. The third-order valence-corrected chi connectivity index (χ3v) is 10.9. The molecule has 0 amide bonds. The van der Waals surface area contributed by atoms with Gasteiger partial charge in [0.15, 0.2) is 0 Å². The topological polar surface area (TPSA) is 110 Å². The third-order valence-electron chi connectivity index (χ3n) is 10.9. The van der Waals surface area contributed by atoms with Gasteiger partial charge in [-0.05, 0) is 86.4 Å². The van der Waals surface area contributed by atoms with Gasteiger partial charge < -0.3 is 19.7 Å². The first-order valence-electron chi connectivity index (χ1n) is 13.6. The molecule has 0 aromatic heterocycles. The average Bonchev–Trinajstić information content (AvgIpc) is 3.11. The van der Waals surface area contributed by atoms with Crippen LogP contribution in [0.4, 0.5) is 0 Å². The smallest absolute Gasteiger partial charge is 0.303 e. The van der Waals surface area contributed by atoms with Crippen molar-refractivity contribution in [3.05, 3.63) is 0 Å². The van der Waals surface area contributed by atoms with Crippen LogP contribution in [0.2, 0.25) is 0 Å². The highest BCUT2D eigenvalue weighted by molar-refractivity contribution is 5.67. The minimum absolute atomic E-state index is 0.00723. The second-order valence-electron chi connectivity index (χ2n) is 12.6. The number of rotatable bonds is 6. The van der Waals surface area contributed by atoms with Crippen LogP contribution in [0.15, 0.2) is 0 Å². The van der Waals surface area contributed by atoms with Crippen molar-refractivity contribution < 1.29 is 34.1 Å². The molecule has 4 fully saturated rings. The Morgan fingerprint density at radius 1 is 0.971 bits per heavy atom. The lowest BCUT2D eigenvalue weighted by Gasteiger charge is -2.64. The van der Waals surface area contributed by atoms with E-state index in [1.54, 1.807) is 0 Å². The molecular formula is C28H44O7. The van der Waals surface area contributed by atoms with Gasteiger partial charge in [-0.1, -0.05) is 20.8 Å². The van der Waals surface area contributed by atoms with Crippen molar-refractivity contribution in [1.82, 2.24) is 0 Å². The molecule has 2 N–H and O–H groups in total. The number of carbonyl (C=O) groups is 3. The summed E-state index contributed by atoms with van der Waals surface area (Å²) in [6.07, 6.45) is 5.88. The molecule has 7 nitrogen and oxygen atoms in total. The Morgan fingerprint density at radius 2 is 1.66 bits per heavy atom. The first kappa shape index (κ1) is 26.4. The molecule has 7 heteroatoms. The summed E-state index contributed by atoms with van der Waals surface area (Å²) in [5, 5.41) is 19.7. The second kappa shape index (κ2) is 9.68. The van der Waals surface area contributed by atoms with E-state index in [4.69, 9.17) is 9.47 Å². The molecule has 4 aliphatic rings. The molecule has 0 aromatic rings. The summed E-state index contributed by atoms with van der Waals surface area (Å²) in [7, 11) is 0. The molecule has 198 valence electrons. The fourth-order valence-corrected chi connectivity index (χ4v) is 9.34. The van der Waals surface area contributed by atoms with Crippen molar-refractivity contribution in [1.29, 1.82) is 0 Å². The Bertz CT molecular complexity index is 841. The highest BCUT2D eigenvalue weighted by Gasteiger charge is 2.67. The quantitative estimate of drug-likeness (QED) is 0.522. The number of carbonyl (C=O) groups excluding carboxylic acids is 2. The number of ether oxygens (including phenoxy) is 2. The van der Waals surface area contributed by atoms with Crippen LogP contribution in [0.5, 0.6) is 0 Å². The monoisotopic (exact) mass is 492 g/mol. The van der Waals surface area contributed by atoms with Crippen molar-refractivity contribution in [2.24, 2.45) is 46.3 Å². The number of carboxylic acids is 1. The minimum atomic E-state index is -0.780. The van der Waals surface area contributed by atoms with E-state index in [0.717, 1.165) is 44.9 Å². The van der Waals surface area contributed by atoms with E-state index < -0.39 is 5.97 Å². The van der Waals surface area contributed by atoms with Gasteiger partial charge in [0.25, 0.3) is 0 Å². The number of aliphatic hydroxyl groups is 1. The molecule has 0 saturated heterocycles. The lowest BCUT2D eigenvalue weighted by Crippen LogP contribution is -2.63. The second-order valence-corrected chi connectivity index (χ2v) is 12.6. The maximum atomic E-state index is 12.3. The van der Waals surface area contributed by atoms with Gasteiger partial charge in [0.1, 0.15) is 12.2 Å². The number of carboxylic acid groups (broad SMARTS) is 1. The Morgan fingerprint density at radius 3 is 2.29 bits per heavy atom. The summed E-state index contributed by atoms with van der Waals surface area (Å²) in [5.41, 5.74) is -0.284. The maximum absolute atomic E-state index is 12.3. The fourth-order valence-electron chi connectivity index (χ4n) is 9.34. The van der Waals surface area contributed by atoms with E-state index >= 15 is 0 Å². The van der Waals surface area contributed by atoms with Gasteiger partial charge in [0.05, 0.1) is 6.10 Å². The zero-order chi connectivity index (χ0) is 25.7. The van der Waals surface area contributed by atoms with Crippen molar-refractivity contribution >= 4 is 17.9 Å². The van der Waals surface area contributed by atoms with Crippen LogP contribution in [0.25, 0.3) is 0 Å². The van der Waals surface area contributed by atoms with Crippen LogP contribution >= 0.6 is 0 Å². The van der Waals surface area contributed by atoms with Crippen molar-refractivity contribution in [2.75, 3.05) is 0 Å². The van der Waals surface area contributed by atoms with E-state index in [2.05, 4.69) is 20.8 Å². The summed E-state index contributed by atoms with van der Waals surface area (Å²) in [4.78, 5) is 35.8. The maximum Gasteiger partial charge on any atom is 0.303 e. The molecule has 0 unspecified atom stereocenters. The first-order chi connectivity index (χ1) is 16.4. The summed E-state index contributed by atoms with van der Waals surface area (Å²) < 4.78 is 12.1. The van der Waals surface area contributed by atoms with E-state index in [0.29, 0.717) is 6.42 Å². The summed E-state index contributed by atoms with van der Waals surface area (Å²) in [6, 6.07) is 0. The van der Waals surface area contributed by atoms with E-state index in [1.807, 2.05) is 0 Å². The molecule has 4 rings (SSSR count). The fraction of sp³-hybridized carbons (Fsp3) is 0.893. The summed E-state index contributed by atoms with van der Waals surface area (Å²) in [5.74, 6) is 0.0541. The average molecular weight is 493 g/mol. The predicted octanol–water partition coefficient (Wildman–Crippen LogP) is 4.59. The van der Waals surface area contributed by atoms with Crippen molar-refractivity contribution in [3.8, 4) is 0 Å². The van der Waals surface area contributed by atoms with E-state index in [-0.39, 0.29) is 83.0 Å². The summed E-state index contributed by atoms with van der Waals surface area (Å²) >= 11 is 0. The minimum Gasteiger partial charge on any atom is -0.481 e. The van der Waals surface area contributed by atoms with Gasteiger partial charge in [-0.2, -0.15) is 0 Å². The lowest BCUT2D eigenvalue weighted by molar-refractivity contribution is -0.223. The number of fused-ring (bicyclic) bond motifs is 5. The zero-order valence-electron chi connectivity index (χ0n) is 22.0. The molecule has 0 spiro atoms. The van der Waals surface area contributed by atoms with Gasteiger partial charge in [-0.25, -0.2) is 0 Å². The molecule has 4 aliphatic carbocycles. The zero-order valence-corrected chi connectivity index (χ0v) is 22.0. The molecule has 35 heavy (non-hydrogen) atoms. The number of aliphatic carboxylic acids is 1. The standard InChI is InChI=1S/C28H44O7/c1-15(6-9-25(32)33)20-7-8-21-26-22(14-24(28(20,21)5)35-17(3)30)27(4)11-10-19(31)12-18(27)13-23(26)34-16(2)29/h15,18-24,26,31H,6-14H2,1-5H3,(H,32,33)/t15-,18+,19-,20-,21+,22+,23-,24+,26+,27+,28-/m1/s1. The highest BCUT2D eigenvalue weighted by Crippen LogP contribution is 2.69. The Hall–Kier alpha value is -1.63. The van der Waals surface area contributed by atoms with Crippen LogP contribution < -0.4 is 0 Å². The number of hydrogen-bond acceptors (Lipinski definition) is 6. The van der Waals surface area contributed by atoms with Gasteiger partial charge in [-0.3, -0.25) is 14.4 Å². The van der Waals surface area contributed by atoms with Gasteiger partial charge in [0.2, 0.25) is 0 Å². The largest absolute Gasteiger partial charge is 0.481 e. The molecule has 4 saturated carbocycles. The van der Waals surface area contributed by atoms with Crippen molar-refractivity contribution in [2.45, 2.75) is 111 Å². The molecule has 0 radical (unpaired) electrons. The van der Waals surface area contributed by atoms with Crippen LogP contribution in [0, 0.1) is 46.3 Å². The van der Waals surface area contributed by atoms with E-state index in [1.165, 1.54) is 13.8 Å². The molecule has 0 aliphatic heterocycles. The molecule has 0 aromatic carbocycles. The first-order valence-corrected chi connectivity index (χ1v) is 13.6. The lowest BCUT2D eigenvalue weighted by atomic mass is 9.43. The van der Waals surface area contributed by atoms with Crippen molar-refractivity contribution in [3.63, 3.8) is 0 Å². The van der Waals surface area contributed by atoms with E-state index in [9.17, 15) is 24.6 Å². The molecule has 11 atom stereocenters. The summed E-state index contributed by atoms with van der Waals surface area (Å²) in [6.45, 7) is 9.70. The van der Waals surface area contributed by atoms with Gasteiger partial charge in [-0.15, -0.1) is 0 Å². The van der Waals surface area contributed by atoms with Gasteiger partial charge in [0, 0.05) is 31.6 Å². The number of hydrogen-bond donors (Lipinski definition) is 2. The predicted molar refractivity (Wildman–Crippen MR) is 129 cm³/mol. The van der Waals surface area contributed by atoms with Crippen LogP contribution in [-0.4, -0.2) is 46.4 Å². The Kier molecular flexibility index (Phi) is 7.31. The molecule has 0 heterocycles. The molecular weight excluding hydrogens is 448 g/mol.